The second kappa shape index (κ2) is 5.54. The fourth-order valence-electron chi connectivity index (χ4n) is 1.15. The molecule has 0 radical (unpaired) electrons. The third kappa shape index (κ3) is 5.21. The van der Waals surface area contributed by atoms with E-state index in [0.29, 0.717) is 0 Å². The molecule has 0 amide bonds. The van der Waals surface area contributed by atoms with Crippen molar-refractivity contribution in [2.45, 2.75) is 19.6 Å². The van der Waals surface area contributed by atoms with Crippen LogP contribution in [0.15, 0.2) is 24.3 Å². The first-order valence-electron chi connectivity index (χ1n) is 5.11. The smallest absolute Gasteiger partial charge is 0.183 e. The summed E-state index contributed by atoms with van der Waals surface area (Å²) in [4.78, 5) is 0. The van der Waals surface area contributed by atoms with E-state index in [1.165, 1.54) is 0 Å². The summed E-state index contributed by atoms with van der Waals surface area (Å²) in [7, 11) is -1.38. The van der Waals surface area contributed by atoms with Gasteiger partial charge in [0.1, 0.15) is 0 Å². The van der Waals surface area contributed by atoms with E-state index in [0.717, 1.165) is 23.9 Å². The van der Waals surface area contributed by atoms with Crippen LogP contribution in [0.1, 0.15) is 0 Å². The quantitative estimate of drug-likeness (QED) is 0.630. The molecule has 4 heteroatoms. The summed E-state index contributed by atoms with van der Waals surface area (Å²) >= 11 is 6.00. The zero-order chi connectivity index (χ0) is 11.3. The molecule has 0 fully saturated rings. The maximum absolute atomic E-state index is 6.00. The normalized spacial score (nSPS) is 11.5. The molecule has 0 aromatic heterocycles. The molecule has 0 saturated carbocycles. The van der Waals surface area contributed by atoms with Gasteiger partial charge in [0.05, 0.1) is 17.3 Å². The lowest BCUT2D eigenvalue weighted by molar-refractivity contribution is 0.327. The van der Waals surface area contributed by atoms with E-state index in [2.05, 4.69) is 25.0 Å². The van der Waals surface area contributed by atoms with Gasteiger partial charge in [0.25, 0.3) is 0 Å². The molecule has 0 spiro atoms. The first kappa shape index (κ1) is 12.6. The van der Waals surface area contributed by atoms with Gasteiger partial charge in [-0.05, 0) is 31.8 Å². The summed E-state index contributed by atoms with van der Waals surface area (Å²) in [6, 6.07) is 7.74. The van der Waals surface area contributed by atoms with Crippen LogP contribution in [0.2, 0.25) is 24.7 Å². The zero-order valence-corrected chi connectivity index (χ0v) is 11.3. The summed E-state index contributed by atoms with van der Waals surface area (Å²) in [5.41, 5.74) is 0.971. The van der Waals surface area contributed by atoms with E-state index < -0.39 is 8.32 Å². The highest BCUT2D eigenvalue weighted by molar-refractivity contribution is 6.69. The molecule has 15 heavy (non-hydrogen) atoms. The largest absolute Gasteiger partial charge is 0.416 e. The van der Waals surface area contributed by atoms with Crippen LogP contribution in [0.25, 0.3) is 0 Å². The molecule has 0 aliphatic carbocycles. The van der Waals surface area contributed by atoms with Crippen molar-refractivity contribution < 1.29 is 4.43 Å². The first-order chi connectivity index (χ1) is 6.99. The SMILES string of the molecule is C[Si](C)(C)OCCNc1ccccc1Cl. The van der Waals surface area contributed by atoms with Crippen LogP contribution < -0.4 is 5.32 Å². The molecule has 2 nitrogen and oxygen atoms in total. The summed E-state index contributed by atoms with van der Waals surface area (Å²) < 4.78 is 5.72. The van der Waals surface area contributed by atoms with E-state index in [-0.39, 0.29) is 0 Å². The molecule has 1 aromatic carbocycles. The number of anilines is 1. The third-order valence-corrected chi connectivity index (χ3v) is 3.23. The number of halogens is 1. The molecule has 1 aromatic rings. The highest BCUT2D eigenvalue weighted by atomic mass is 35.5. The minimum atomic E-state index is -1.38. The molecular weight excluding hydrogens is 226 g/mol. The van der Waals surface area contributed by atoms with Crippen molar-refractivity contribution in [3.05, 3.63) is 29.3 Å². The molecule has 1 N–H and O–H groups in total. The molecule has 0 aliphatic rings. The predicted molar refractivity (Wildman–Crippen MR) is 69.2 cm³/mol. The van der Waals surface area contributed by atoms with E-state index in [4.69, 9.17) is 16.0 Å². The van der Waals surface area contributed by atoms with Crippen LogP contribution >= 0.6 is 11.6 Å². The number of hydrogen-bond donors (Lipinski definition) is 1. The van der Waals surface area contributed by atoms with Gasteiger partial charge in [-0.25, -0.2) is 0 Å². The van der Waals surface area contributed by atoms with E-state index in [9.17, 15) is 0 Å². The number of hydrogen-bond acceptors (Lipinski definition) is 2. The molecule has 0 heterocycles. The maximum atomic E-state index is 6.00. The van der Waals surface area contributed by atoms with Gasteiger partial charge < -0.3 is 9.74 Å². The standard InChI is InChI=1S/C11H18ClNOSi/c1-15(2,3)14-9-8-13-11-7-5-4-6-10(11)12/h4-7,13H,8-9H2,1-3H3. The Labute approximate surface area is 97.7 Å². The molecule has 0 aliphatic heterocycles. The average Bonchev–Trinajstić information content (AvgIpc) is 2.13. The van der Waals surface area contributed by atoms with Gasteiger partial charge in [0, 0.05) is 6.54 Å². The van der Waals surface area contributed by atoms with Crippen LogP contribution in [-0.2, 0) is 4.43 Å². The van der Waals surface area contributed by atoms with Crippen molar-refractivity contribution >= 4 is 25.6 Å². The van der Waals surface area contributed by atoms with Gasteiger partial charge in [-0.15, -0.1) is 0 Å². The minimum Gasteiger partial charge on any atom is -0.416 e. The Bertz CT molecular complexity index is 312. The monoisotopic (exact) mass is 243 g/mol. The van der Waals surface area contributed by atoms with Crippen LogP contribution in [0.5, 0.6) is 0 Å². The van der Waals surface area contributed by atoms with Gasteiger partial charge >= 0.3 is 0 Å². The second-order valence-electron chi connectivity index (χ2n) is 4.37. The third-order valence-electron chi connectivity index (χ3n) is 1.83. The Morgan fingerprint density at radius 3 is 2.53 bits per heavy atom. The topological polar surface area (TPSA) is 21.3 Å². The van der Waals surface area contributed by atoms with Gasteiger partial charge in [-0.3, -0.25) is 0 Å². The van der Waals surface area contributed by atoms with E-state index >= 15 is 0 Å². The lowest BCUT2D eigenvalue weighted by Crippen LogP contribution is -2.28. The van der Waals surface area contributed by atoms with Gasteiger partial charge in [-0.2, -0.15) is 0 Å². The van der Waals surface area contributed by atoms with Crippen LogP contribution in [0.3, 0.4) is 0 Å². The lowest BCUT2D eigenvalue weighted by Gasteiger charge is -2.17. The second-order valence-corrected chi connectivity index (χ2v) is 9.29. The first-order valence-corrected chi connectivity index (χ1v) is 8.90. The van der Waals surface area contributed by atoms with Gasteiger partial charge in [0.2, 0.25) is 0 Å². The van der Waals surface area contributed by atoms with E-state index in [1.54, 1.807) is 0 Å². The number of para-hydroxylation sites is 1. The average molecular weight is 244 g/mol. The lowest BCUT2D eigenvalue weighted by atomic mass is 10.3. The molecule has 0 atom stereocenters. The van der Waals surface area contributed by atoms with E-state index in [1.807, 2.05) is 24.3 Å². The molecule has 0 unspecified atom stereocenters. The summed E-state index contributed by atoms with van der Waals surface area (Å²) in [6.07, 6.45) is 0. The highest BCUT2D eigenvalue weighted by Crippen LogP contribution is 2.19. The highest BCUT2D eigenvalue weighted by Gasteiger charge is 2.13. The number of nitrogens with one attached hydrogen (secondary N) is 1. The molecule has 1 rings (SSSR count). The van der Waals surface area contributed by atoms with Crippen molar-refractivity contribution in [2.24, 2.45) is 0 Å². The Kier molecular flexibility index (Phi) is 4.64. The van der Waals surface area contributed by atoms with Crippen molar-refractivity contribution in [1.29, 1.82) is 0 Å². The van der Waals surface area contributed by atoms with Gasteiger partial charge in [0.15, 0.2) is 8.32 Å². The Morgan fingerprint density at radius 2 is 1.93 bits per heavy atom. The summed E-state index contributed by atoms with van der Waals surface area (Å²) in [5, 5.41) is 4.01. The Hall–Kier alpha value is -0.513. The van der Waals surface area contributed by atoms with Crippen LogP contribution in [0.4, 0.5) is 5.69 Å². The minimum absolute atomic E-state index is 0.737. The zero-order valence-electron chi connectivity index (χ0n) is 9.51. The Morgan fingerprint density at radius 1 is 1.27 bits per heavy atom. The van der Waals surface area contributed by atoms with Crippen LogP contribution in [-0.4, -0.2) is 21.5 Å². The van der Waals surface area contributed by atoms with Crippen molar-refractivity contribution in [3.63, 3.8) is 0 Å². The van der Waals surface area contributed by atoms with Crippen molar-refractivity contribution in [2.75, 3.05) is 18.5 Å². The molecule has 0 bridgehead atoms. The summed E-state index contributed by atoms with van der Waals surface area (Å²) in [6.45, 7) is 8.09. The predicted octanol–water partition coefficient (Wildman–Crippen LogP) is 3.60. The maximum Gasteiger partial charge on any atom is 0.183 e. The van der Waals surface area contributed by atoms with Gasteiger partial charge in [-0.1, -0.05) is 23.7 Å². The van der Waals surface area contributed by atoms with Crippen LogP contribution in [0, 0.1) is 0 Å². The molecule has 0 saturated heterocycles. The molecular formula is C11H18ClNOSi. The molecule has 84 valence electrons. The van der Waals surface area contributed by atoms with Crippen molar-refractivity contribution in [1.82, 2.24) is 0 Å². The fraction of sp³-hybridized carbons (Fsp3) is 0.455. The van der Waals surface area contributed by atoms with Crippen molar-refractivity contribution in [3.8, 4) is 0 Å². The summed E-state index contributed by atoms with van der Waals surface area (Å²) in [5.74, 6) is 0. The fourth-order valence-corrected chi connectivity index (χ4v) is 2.06. The number of benzene rings is 1. The Balaban J connectivity index is 2.30. The number of rotatable bonds is 5.